The van der Waals surface area contributed by atoms with Crippen LogP contribution in [0.15, 0.2) is 16.9 Å². The Labute approximate surface area is 86.7 Å². The monoisotopic (exact) mass is 224 g/mol. The van der Waals surface area contributed by atoms with E-state index in [1.54, 1.807) is 0 Å². The lowest BCUT2D eigenvalue weighted by Gasteiger charge is -2.02. The fourth-order valence-electron chi connectivity index (χ4n) is 1.35. The van der Waals surface area contributed by atoms with Crippen LogP contribution in [0.25, 0.3) is 10.9 Å². The number of nitriles is 1. The lowest BCUT2D eigenvalue weighted by Crippen LogP contribution is -2.11. The van der Waals surface area contributed by atoms with Crippen LogP contribution in [0.5, 0.6) is 0 Å². The van der Waals surface area contributed by atoms with Gasteiger partial charge >= 0.3 is 0 Å². The van der Waals surface area contributed by atoms with E-state index >= 15 is 0 Å². The summed E-state index contributed by atoms with van der Waals surface area (Å²) in [6.07, 6.45) is 0. The summed E-state index contributed by atoms with van der Waals surface area (Å²) in [5, 5.41) is 8.06. The molecule has 0 atom stereocenters. The molecule has 0 spiro atoms. The van der Waals surface area contributed by atoms with Crippen molar-refractivity contribution in [3.63, 3.8) is 0 Å². The zero-order valence-corrected chi connectivity index (χ0v) is 7.64. The Morgan fingerprint density at radius 1 is 1.19 bits per heavy atom. The standard InChI is InChI=1S/C10H3F3N2O/c11-6-2-7(12)9-5(8(6)13)1-4(3-14)10(16)15-9/h1-2H,(H,15,16). The molecule has 0 bridgehead atoms. The highest BCUT2D eigenvalue weighted by Gasteiger charge is 2.14. The van der Waals surface area contributed by atoms with E-state index in [4.69, 9.17) is 5.26 Å². The highest BCUT2D eigenvalue weighted by molar-refractivity contribution is 5.80. The van der Waals surface area contributed by atoms with Gasteiger partial charge in [-0.2, -0.15) is 5.26 Å². The van der Waals surface area contributed by atoms with Crippen LogP contribution < -0.4 is 5.56 Å². The Balaban J connectivity index is 3.03. The van der Waals surface area contributed by atoms with Gasteiger partial charge in [-0.25, -0.2) is 13.2 Å². The second-order valence-electron chi connectivity index (χ2n) is 3.07. The number of nitrogens with one attached hydrogen (secondary N) is 1. The van der Waals surface area contributed by atoms with Crippen molar-refractivity contribution in [1.29, 1.82) is 5.26 Å². The molecular formula is C10H3F3N2O. The fourth-order valence-corrected chi connectivity index (χ4v) is 1.35. The maximum absolute atomic E-state index is 13.3. The number of nitrogens with zero attached hydrogens (tertiary/aromatic N) is 1. The summed E-state index contributed by atoms with van der Waals surface area (Å²) < 4.78 is 39.3. The molecule has 1 aromatic heterocycles. The number of aromatic amines is 1. The van der Waals surface area contributed by atoms with E-state index in [0.29, 0.717) is 6.07 Å². The van der Waals surface area contributed by atoms with Crippen molar-refractivity contribution in [2.45, 2.75) is 0 Å². The number of fused-ring (bicyclic) bond motifs is 1. The second-order valence-corrected chi connectivity index (χ2v) is 3.07. The average Bonchev–Trinajstić information content (AvgIpc) is 2.25. The Kier molecular flexibility index (Phi) is 2.16. The minimum absolute atomic E-state index is 0.333. The molecule has 0 aliphatic rings. The summed E-state index contributed by atoms with van der Waals surface area (Å²) in [5.41, 5.74) is -1.71. The van der Waals surface area contributed by atoms with E-state index in [1.165, 1.54) is 6.07 Å². The van der Waals surface area contributed by atoms with Crippen molar-refractivity contribution in [2.24, 2.45) is 0 Å². The molecule has 0 aliphatic carbocycles. The van der Waals surface area contributed by atoms with Crippen LogP contribution >= 0.6 is 0 Å². The third-order valence-electron chi connectivity index (χ3n) is 2.10. The molecular weight excluding hydrogens is 221 g/mol. The van der Waals surface area contributed by atoms with E-state index in [2.05, 4.69) is 0 Å². The van der Waals surface area contributed by atoms with Gasteiger partial charge in [0, 0.05) is 11.5 Å². The van der Waals surface area contributed by atoms with Crippen molar-refractivity contribution < 1.29 is 13.2 Å². The molecule has 1 aromatic carbocycles. The van der Waals surface area contributed by atoms with E-state index < -0.39 is 39.5 Å². The van der Waals surface area contributed by atoms with Crippen LogP contribution in [0.1, 0.15) is 5.56 Å². The number of H-pyrrole nitrogens is 1. The maximum atomic E-state index is 13.3. The largest absolute Gasteiger partial charge is 0.318 e. The average molecular weight is 224 g/mol. The van der Waals surface area contributed by atoms with E-state index in [9.17, 15) is 18.0 Å². The molecule has 0 unspecified atom stereocenters. The number of benzene rings is 1. The zero-order valence-electron chi connectivity index (χ0n) is 7.64. The predicted molar refractivity (Wildman–Crippen MR) is 49.2 cm³/mol. The number of halogens is 3. The number of rotatable bonds is 0. The first-order valence-corrected chi connectivity index (χ1v) is 4.15. The van der Waals surface area contributed by atoms with Gasteiger partial charge in [0.15, 0.2) is 11.6 Å². The molecule has 6 heteroatoms. The Bertz CT molecular complexity index is 685. The molecule has 2 rings (SSSR count). The van der Waals surface area contributed by atoms with Gasteiger partial charge in [-0.05, 0) is 6.07 Å². The molecule has 16 heavy (non-hydrogen) atoms. The van der Waals surface area contributed by atoms with Crippen LogP contribution in [-0.2, 0) is 0 Å². The van der Waals surface area contributed by atoms with Gasteiger partial charge in [0.2, 0.25) is 0 Å². The van der Waals surface area contributed by atoms with Gasteiger partial charge in [-0.3, -0.25) is 4.79 Å². The number of pyridine rings is 1. The number of aromatic nitrogens is 1. The molecule has 0 saturated carbocycles. The lowest BCUT2D eigenvalue weighted by molar-refractivity contribution is 0.505. The molecule has 1 heterocycles. The molecule has 1 N–H and O–H groups in total. The maximum Gasteiger partial charge on any atom is 0.266 e. The molecule has 0 amide bonds. The van der Waals surface area contributed by atoms with Crippen molar-refractivity contribution in [3.05, 3.63) is 45.5 Å². The summed E-state index contributed by atoms with van der Waals surface area (Å²) in [7, 11) is 0. The van der Waals surface area contributed by atoms with Gasteiger partial charge in [-0.1, -0.05) is 0 Å². The Morgan fingerprint density at radius 3 is 2.50 bits per heavy atom. The zero-order chi connectivity index (χ0) is 11.9. The van der Waals surface area contributed by atoms with Gasteiger partial charge in [0.1, 0.15) is 17.4 Å². The van der Waals surface area contributed by atoms with Crippen molar-refractivity contribution >= 4 is 10.9 Å². The van der Waals surface area contributed by atoms with Gasteiger partial charge < -0.3 is 4.98 Å². The summed E-state index contributed by atoms with van der Waals surface area (Å²) in [6, 6.07) is 2.65. The SMILES string of the molecule is N#Cc1cc2c(F)c(F)cc(F)c2[nH]c1=O. The van der Waals surface area contributed by atoms with Gasteiger partial charge in [-0.15, -0.1) is 0 Å². The Hall–Kier alpha value is -2.29. The quantitative estimate of drug-likeness (QED) is 0.694. The van der Waals surface area contributed by atoms with Crippen molar-refractivity contribution in [1.82, 2.24) is 4.98 Å². The minimum atomic E-state index is -1.37. The van der Waals surface area contributed by atoms with Gasteiger partial charge in [0.05, 0.1) is 5.52 Å². The van der Waals surface area contributed by atoms with Crippen molar-refractivity contribution in [2.75, 3.05) is 0 Å². The molecule has 2 aromatic rings. The second kappa shape index (κ2) is 3.38. The Morgan fingerprint density at radius 2 is 1.88 bits per heavy atom. The normalized spacial score (nSPS) is 10.4. The summed E-state index contributed by atoms with van der Waals surface area (Å²) in [4.78, 5) is 13.1. The summed E-state index contributed by atoms with van der Waals surface area (Å²) >= 11 is 0. The fraction of sp³-hybridized carbons (Fsp3) is 0. The molecule has 80 valence electrons. The number of hydrogen-bond acceptors (Lipinski definition) is 2. The van der Waals surface area contributed by atoms with Crippen LogP contribution in [0.2, 0.25) is 0 Å². The molecule has 3 nitrogen and oxygen atoms in total. The highest BCUT2D eigenvalue weighted by Crippen LogP contribution is 2.21. The molecule has 0 aliphatic heterocycles. The predicted octanol–water partition coefficient (Wildman–Crippen LogP) is 1.82. The molecule has 0 saturated heterocycles. The third-order valence-corrected chi connectivity index (χ3v) is 2.10. The van der Waals surface area contributed by atoms with Crippen LogP contribution in [0.4, 0.5) is 13.2 Å². The van der Waals surface area contributed by atoms with E-state index in [0.717, 1.165) is 6.07 Å². The minimum Gasteiger partial charge on any atom is -0.318 e. The van der Waals surface area contributed by atoms with E-state index in [-0.39, 0.29) is 0 Å². The van der Waals surface area contributed by atoms with Crippen molar-refractivity contribution in [3.8, 4) is 6.07 Å². The van der Waals surface area contributed by atoms with Crippen LogP contribution in [0.3, 0.4) is 0 Å². The first-order valence-electron chi connectivity index (χ1n) is 4.15. The van der Waals surface area contributed by atoms with Crippen LogP contribution in [0, 0.1) is 28.8 Å². The smallest absolute Gasteiger partial charge is 0.266 e. The topological polar surface area (TPSA) is 56.6 Å². The first kappa shape index (κ1) is 10.2. The molecule has 0 radical (unpaired) electrons. The summed E-state index contributed by atoms with van der Waals surface area (Å²) in [6.45, 7) is 0. The molecule has 0 fully saturated rings. The number of hydrogen-bond donors (Lipinski definition) is 1. The van der Waals surface area contributed by atoms with E-state index in [1.807, 2.05) is 4.98 Å². The first-order chi connectivity index (χ1) is 7.54. The summed E-state index contributed by atoms with van der Waals surface area (Å²) in [5.74, 6) is -3.76. The lowest BCUT2D eigenvalue weighted by atomic mass is 10.1. The highest BCUT2D eigenvalue weighted by atomic mass is 19.2. The van der Waals surface area contributed by atoms with Gasteiger partial charge in [0.25, 0.3) is 5.56 Å². The third kappa shape index (κ3) is 1.34. The van der Waals surface area contributed by atoms with Crippen LogP contribution in [-0.4, -0.2) is 4.98 Å².